The molecular formula is C18H18N2O3. The van der Waals surface area contributed by atoms with Crippen LogP contribution in [-0.2, 0) is 16.0 Å². The predicted molar refractivity (Wildman–Crippen MR) is 88.7 cm³/mol. The number of rotatable bonds is 4. The van der Waals surface area contributed by atoms with Crippen molar-refractivity contribution in [1.29, 1.82) is 0 Å². The monoisotopic (exact) mass is 310 g/mol. The molecule has 2 amide bonds. The molecule has 0 atom stereocenters. The predicted octanol–water partition coefficient (Wildman–Crippen LogP) is 2.61. The Hall–Kier alpha value is -2.82. The Bertz CT molecular complexity index is 743. The van der Waals surface area contributed by atoms with Crippen molar-refractivity contribution in [2.45, 2.75) is 13.3 Å². The average Bonchev–Trinajstić information content (AvgIpc) is 2.58. The maximum Gasteiger partial charge on any atom is 0.265 e. The first kappa shape index (κ1) is 15.1. The Morgan fingerprint density at radius 1 is 1.17 bits per heavy atom. The van der Waals surface area contributed by atoms with Crippen LogP contribution in [0.4, 0.5) is 11.4 Å². The van der Waals surface area contributed by atoms with Crippen LogP contribution in [0, 0.1) is 0 Å². The molecule has 2 aromatic rings. The maximum absolute atomic E-state index is 12.4. The zero-order valence-electron chi connectivity index (χ0n) is 12.9. The second-order valence-electron chi connectivity index (χ2n) is 5.30. The van der Waals surface area contributed by atoms with Gasteiger partial charge in [-0.15, -0.1) is 0 Å². The summed E-state index contributed by atoms with van der Waals surface area (Å²) in [4.78, 5) is 25.9. The van der Waals surface area contributed by atoms with Crippen molar-refractivity contribution in [3.8, 4) is 5.75 Å². The summed E-state index contributed by atoms with van der Waals surface area (Å²) in [5.74, 6) is 0.174. The Balaban J connectivity index is 1.76. The van der Waals surface area contributed by atoms with E-state index in [-0.39, 0.29) is 25.0 Å². The lowest BCUT2D eigenvalue weighted by molar-refractivity contribution is -0.123. The van der Waals surface area contributed by atoms with Crippen LogP contribution in [0.25, 0.3) is 0 Å². The molecule has 3 rings (SSSR count). The minimum absolute atomic E-state index is 0.0305. The lowest BCUT2D eigenvalue weighted by Gasteiger charge is -2.28. The van der Waals surface area contributed by atoms with Crippen molar-refractivity contribution in [3.63, 3.8) is 0 Å². The van der Waals surface area contributed by atoms with Gasteiger partial charge in [-0.3, -0.25) is 14.5 Å². The van der Waals surface area contributed by atoms with Crippen LogP contribution in [-0.4, -0.2) is 25.0 Å². The second kappa shape index (κ2) is 6.52. The number of carbonyl (C=O) groups excluding carboxylic acids is 2. The van der Waals surface area contributed by atoms with Gasteiger partial charge in [0.05, 0.1) is 5.69 Å². The molecule has 1 aliphatic heterocycles. The number of para-hydroxylation sites is 3. The number of fused-ring (bicyclic) bond motifs is 1. The van der Waals surface area contributed by atoms with Crippen LogP contribution in [0.1, 0.15) is 12.5 Å². The van der Waals surface area contributed by atoms with Crippen molar-refractivity contribution in [2.24, 2.45) is 0 Å². The van der Waals surface area contributed by atoms with E-state index in [9.17, 15) is 9.59 Å². The van der Waals surface area contributed by atoms with Gasteiger partial charge in [0.1, 0.15) is 12.3 Å². The lowest BCUT2D eigenvalue weighted by Crippen LogP contribution is -2.43. The summed E-state index contributed by atoms with van der Waals surface area (Å²) in [5.41, 5.74) is 2.48. The van der Waals surface area contributed by atoms with E-state index < -0.39 is 0 Å². The third-order valence-corrected chi connectivity index (χ3v) is 3.78. The quantitative estimate of drug-likeness (QED) is 0.944. The van der Waals surface area contributed by atoms with Gasteiger partial charge in [0.25, 0.3) is 5.91 Å². The SMILES string of the molecule is CCc1ccccc1NC(=O)CN1C(=O)COc2ccccc21. The third kappa shape index (κ3) is 3.18. The van der Waals surface area contributed by atoms with Gasteiger partial charge >= 0.3 is 0 Å². The van der Waals surface area contributed by atoms with Gasteiger partial charge in [-0.2, -0.15) is 0 Å². The molecule has 23 heavy (non-hydrogen) atoms. The third-order valence-electron chi connectivity index (χ3n) is 3.78. The first-order valence-corrected chi connectivity index (χ1v) is 7.59. The van der Waals surface area contributed by atoms with E-state index in [1.54, 1.807) is 12.1 Å². The fraction of sp³-hybridized carbons (Fsp3) is 0.222. The van der Waals surface area contributed by atoms with Crippen LogP contribution < -0.4 is 15.0 Å². The minimum Gasteiger partial charge on any atom is -0.482 e. The summed E-state index contributed by atoms with van der Waals surface area (Å²) in [6.45, 7) is 1.96. The number of hydrogen-bond donors (Lipinski definition) is 1. The second-order valence-corrected chi connectivity index (χ2v) is 5.30. The molecule has 5 nitrogen and oxygen atoms in total. The van der Waals surface area contributed by atoms with Crippen LogP contribution in [0.5, 0.6) is 5.75 Å². The summed E-state index contributed by atoms with van der Waals surface area (Å²) < 4.78 is 5.38. The van der Waals surface area contributed by atoms with Gasteiger partial charge in [0.15, 0.2) is 6.61 Å². The zero-order valence-corrected chi connectivity index (χ0v) is 12.9. The highest BCUT2D eigenvalue weighted by Gasteiger charge is 2.27. The number of hydrogen-bond acceptors (Lipinski definition) is 3. The van der Waals surface area contributed by atoms with E-state index in [1.165, 1.54) is 4.90 Å². The molecule has 5 heteroatoms. The number of anilines is 2. The van der Waals surface area contributed by atoms with Gasteiger partial charge in [0.2, 0.25) is 5.91 Å². The first-order chi connectivity index (χ1) is 11.2. The summed E-state index contributed by atoms with van der Waals surface area (Å²) in [6.07, 6.45) is 0.829. The van der Waals surface area contributed by atoms with Gasteiger partial charge in [-0.25, -0.2) is 0 Å². The summed E-state index contributed by atoms with van der Waals surface area (Å²) in [5, 5.41) is 2.89. The molecule has 118 valence electrons. The van der Waals surface area contributed by atoms with Crippen molar-refractivity contribution < 1.29 is 14.3 Å². The van der Waals surface area contributed by atoms with Crippen LogP contribution in [0.15, 0.2) is 48.5 Å². The van der Waals surface area contributed by atoms with Crippen molar-refractivity contribution in [1.82, 2.24) is 0 Å². The van der Waals surface area contributed by atoms with Crippen LogP contribution in [0.2, 0.25) is 0 Å². The van der Waals surface area contributed by atoms with Gasteiger partial charge in [-0.1, -0.05) is 37.3 Å². The highest BCUT2D eigenvalue weighted by molar-refractivity contribution is 6.05. The number of carbonyl (C=O) groups is 2. The van der Waals surface area contributed by atoms with E-state index in [1.807, 2.05) is 43.3 Å². The summed E-state index contributed by atoms with van der Waals surface area (Å²) in [6, 6.07) is 14.9. The summed E-state index contributed by atoms with van der Waals surface area (Å²) >= 11 is 0. The molecule has 1 aliphatic rings. The van der Waals surface area contributed by atoms with Gasteiger partial charge < -0.3 is 10.1 Å². The van der Waals surface area contributed by atoms with Gasteiger partial charge in [-0.05, 0) is 30.2 Å². The van der Waals surface area contributed by atoms with E-state index in [0.717, 1.165) is 17.7 Å². The number of benzene rings is 2. The molecule has 0 unspecified atom stereocenters. The molecule has 1 heterocycles. The normalized spacial score (nSPS) is 13.3. The van der Waals surface area contributed by atoms with Gasteiger partial charge in [0, 0.05) is 5.69 Å². The van der Waals surface area contributed by atoms with Crippen LogP contribution in [0.3, 0.4) is 0 Å². The lowest BCUT2D eigenvalue weighted by atomic mass is 10.1. The Labute approximate surface area is 134 Å². The average molecular weight is 310 g/mol. The molecule has 0 aliphatic carbocycles. The standard InChI is InChI=1S/C18H18N2O3/c1-2-13-7-3-4-8-14(13)19-17(21)11-20-15-9-5-6-10-16(15)23-12-18(20)22/h3-10H,2,11-12H2,1H3,(H,19,21). The molecule has 0 fully saturated rings. The summed E-state index contributed by atoms with van der Waals surface area (Å²) in [7, 11) is 0. The Kier molecular flexibility index (Phi) is 4.28. The molecule has 0 bridgehead atoms. The van der Waals surface area contributed by atoms with Crippen molar-refractivity contribution in [3.05, 3.63) is 54.1 Å². The highest BCUT2D eigenvalue weighted by atomic mass is 16.5. The van der Waals surface area contributed by atoms with E-state index in [2.05, 4.69) is 5.32 Å². The number of nitrogens with one attached hydrogen (secondary N) is 1. The fourth-order valence-electron chi connectivity index (χ4n) is 2.61. The zero-order chi connectivity index (χ0) is 16.2. The molecule has 0 saturated carbocycles. The molecule has 2 aromatic carbocycles. The molecule has 0 radical (unpaired) electrons. The molecule has 0 aromatic heterocycles. The molecule has 1 N–H and O–H groups in total. The number of aryl methyl sites for hydroxylation is 1. The van der Waals surface area contributed by atoms with Crippen molar-refractivity contribution >= 4 is 23.2 Å². The topological polar surface area (TPSA) is 58.6 Å². The maximum atomic E-state index is 12.4. The van der Waals surface area contributed by atoms with E-state index in [4.69, 9.17) is 4.74 Å². The molecular weight excluding hydrogens is 292 g/mol. The number of amides is 2. The van der Waals surface area contributed by atoms with E-state index >= 15 is 0 Å². The number of nitrogens with zero attached hydrogens (tertiary/aromatic N) is 1. The first-order valence-electron chi connectivity index (χ1n) is 7.59. The minimum atomic E-state index is -0.226. The van der Waals surface area contributed by atoms with Crippen LogP contribution >= 0.6 is 0 Å². The molecule has 0 saturated heterocycles. The fourth-order valence-corrected chi connectivity index (χ4v) is 2.61. The molecule has 0 spiro atoms. The Morgan fingerprint density at radius 2 is 1.91 bits per heavy atom. The number of ether oxygens (including phenoxy) is 1. The Morgan fingerprint density at radius 3 is 2.74 bits per heavy atom. The highest BCUT2D eigenvalue weighted by Crippen LogP contribution is 2.31. The van der Waals surface area contributed by atoms with E-state index in [0.29, 0.717) is 11.4 Å². The smallest absolute Gasteiger partial charge is 0.265 e. The van der Waals surface area contributed by atoms with Crippen molar-refractivity contribution in [2.75, 3.05) is 23.4 Å². The largest absolute Gasteiger partial charge is 0.482 e.